The zero-order chi connectivity index (χ0) is 15.4. The Kier molecular flexibility index (Phi) is 5.27. The number of hydrogen-bond acceptors (Lipinski definition) is 4. The molecule has 0 spiro atoms. The fourth-order valence-corrected chi connectivity index (χ4v) is 3.00. The number of hydrogen-bond donors (Lipinski definition) is 1. The van der Waals surface area contributed by atoms with Gasteiger partial charge in [0.1, 0.15) is 11.0 Å². The minimum absolute atomic E-state index is 0.00794. The van der Waals surface area contributed by atoms with Crippen LogP contribution in [0.4, 0.5) is 4.39 Å². The molecule has 0 aliphatic heterocycles. The number of carbonyl (C=O) groups excluding carboxylic acids is 1. The summed E-state index contributed by atoms with van der Waals surface area (Å²) in [4.78, 5) is 18.9. The van der Waals surface area contributed by atoms with Gasteiger partial charge in [-0.2, -0.15) is 0 Å². The molecule has 2 rings (SSSR count). The zero-order valence-corrected chi connectivity index (χ0v) is 13.2. The maximum absolute atomic E-state index is 13.2. The van der Waals surface area contributed by atoms with E-state index in [0.717, 1.165) is 17.1 Å². The molecule has 4 nitrogen and oxygen atoms in total. The number of halogens is 2. The quantitative estimate of drug-likeness (QED) is 0.859. The summed E-state index contributed by atoms with van der Waals surface area (Å²) in [5.41, 5.74) is 0.0420. The lowest BCUT2D eigenvalue weighted by atomic mass is 10.2. The molecule has 2 aromatic heterocycles. The third-order valence-electron chi connectivity index (χ3n) is 3.00. The zero-order valence-electron chi connectivity index (χ0n) is 11.6. The van der Waals surface area contributed by atoms with E-state index < -0.39 is 11.7 Å². The van der Waals surface area contributed by atoms with E-state index in [4.69, 9.17) is 11.6 Å². The number of rotatable bonds is 5. The number of thiophene rings is 1. The molecule has 0 saturated carbocycles. The lowest BCUT2D eigenvalue weighted by Gasteiger charge is -2.23. The average molecular weight is 328 g/mol. The number of nitrogens with zero attached hydrogens (tertiary/aromatic N) is 2. The number of nitrogens with one attached hydrogen (secondary N) is 1. The molecule has 0 radical (unpaired) electrons. The van der Waals surface area contributed by atoms with Gasteiger partial charge >= 0.3 is 0 Å². The average Bonchev–Trinajstić information content (AvgIpc) is 2.95. The normalized spacial score (nSPS) is 12.4. The van der Waals surface area contributed by atoms with Gasteiger partial charge in [0.25, 0.3) is 5.91 Å². The molecule has 0 bridgehead atoms. The van der Waals surface area contributed by atoms with E-state index in [1.54, 1.807) is 11.3 Å². The van der Waals surface area contributed by atoms with Crippen molar-refractivity contribution in [1.82, 2.24) is 15.2 Å². The minimum atomic E-state index is -0.591. The smallest absolute Gasteiger partial charge is 0.254 e. The third kappa shape index (κ3) is 4.00. The monoisotopic (exact) mass is 327 g/mol. The topological polar surface area (TPSA) is 45.2 Å². The molecule has 2 heterocycles. The predicted octanol–water partition coefficient (Wildman–Crippen LogP) is 2.97. The van der Waals surface area contributed by atoms with Gasteiger partial charge in [0.05, 0.1) is 17.8 Å². The van der Waals surface area contributed by atoms with E-state index in [0.29, 0.717) is 6.54 Å². The highest BCUT2D eigenvalue weighted by Crippen LogP contribution is 2.22. The molecular weight excluding hydrogens is 313 g/mol. The Balaban J connectivity index is 2.07. The fourth-order valence-electron chi connectivity index (χ4n) is 1.88. The van der Waals surface area contributed by atoms with Crippen molar-refractivity contribution in [1.29, 1.82) is 0 Å². The molecule has 0 saturated heterocycles. The Morgan fingerprint density at radius 2 is 2.33 bits per heavy atom. The molecule has 7 heteroatoms. The van der Waals surface area contributed by atoms with Crippen molar-refractivity contribution in [3.05, 3.63) is 51.2 Å². The molecule has 21 heavy (non-hydrogen) atoms. The highest BCUT2D eigenvalue weighted by atomic mass is 35.5. The Bertz CT molecular complexity index is 619. The maximum Gasteiger partial charge on any atom is 0.254 e. The van der Waals surface area contributed by atoms with Gasteiger partial charge in [-0.1, -0.05) is 17.7 Å². The molecule has 1 atom stereocenters. The molecule has 0 aliphatic rings. The summed E-state index contributed by atoms with van der Waals surface area (Å²) < 4.78 is 13.2. The van der Waals surface area contributed by atoms with Crippen LogP contribution in [0.1, 0.15) is 21.3 Å². The first kappa shape index (κ1) is 15.9. The summed E-state index contributed by atoms with van der Waals surface area (Å²) in [6.45, 7) is 0.402. The summed E-state index contributed by atoms with van der Waals surface area (Å²) in [5.74, 6) is -1.03. The van der Waals surface area contributed by atoms with Crippen molar-refractivity contribution < 1.29 is 9.18 Å². The lowest BCUT2D eigenvalue weighted by Crippen LogP contribution is -2.34. The van der Waals surface area contributed by atoms with E-state index in [2.05, 4.69) is 10.3 Å². The van der Waals surface area contributed by atoms with Gasteiger partial charge in [0.15, 0.2) is 0 Å². The van der Waals surface area contributed by atoms with Crippen molar-refractivity contribution in [2.75, 3.05) is 20.6 Å². The summed E-state index contributed by atoms with van der Waals surface area (Å²) in [7, 11) is 3.88. The van der Waals surface area contributed by atoms with Crippen LogP contribution < -0.4 is 5.32 Å². The number of likely N-dealkylation sites (N-methyl/N-ethyl adjacent to an activating group) is 1. The molecule has 1 unspecified atom stereocenters. The first-order valence-electron chi connectivity index (χ1n) is 6.28. The van der Waals surface area contributed by atoms with Crippen molar-refractivity contribution >= 4 is 28.8 Å². The Labute approximate surface area is 131 Å². The van der Waals surface area contributed by atoms with Crippen molar-refractivity contribution in [2.24, 2.45) is 0 Å². The standard InChI is InChI=1S/C14H15ClFN3OS/c1-19(2)11(12-4-3-5-21-12)8-18-14(20)10-6-9(16)7-17-13(10)15/h3-7,11H,8H2,1-2H3,(H,18,20). The molecule has 0 aliphatic carbocycles. The largest absolute Gasteiger partial charge is 0.350 e. The molecule has 2 aromatic rings. The van der Waals surface area contributed by atoms with Gasteiger partial charge in [-0.05, 0) is 31.6 Å². The van der Waals surface area contributed by atoms with E-state index >= 15 is 0 Å². The van der Waals surface area contributed by atoms with Crippen molar-refractivity contribution in [3.63, 3.8) is 0 Å². The van der Waals surface area contributed by atoms with Gasteiger partial charge in [0.2, 0.25) is 0 Å². The molecule has 112 valence electrons. The van der Waals surface area contributed by atoms with Crippen LogP contribution in [-0.2, 0) is 0 Å². The van der Waals surface area contributed by atoms with E-state index in [-0.39, 0.29) is 16.8 Å². The maximum atomic E-state index is 13.2. The van der Waals surface area contributed by atoms with Gasteiger partial charge in [-0.15, -0.1) is 11.3 Å². The van der Waals surface area contributed by atoms with Crippen LogP contribution in [0.15, 0.2) is 29.8 Å². The van der Waals surface area contributed by atoms with E-state index in [1.165, 1.54) is 0 Å². The van der Waals surface area contributed by atoms with Crippen LogP contribution in [0.3, 0.4) is 0 Å². The fraction of sp³-hybridized carbons (Fsp3) is 0.286. The predicted molar refractivity (Wildman–Crippen MR) is 82.3 cm³/mol. The SMILES string of the molecule is CN(C)C(CNC(=O)c1cc(F)cnc1Cl)c1cccs1. The number of carbonyl (C=O) groups is 1. The molecule has 0 aromatic carbocycles. The second kappa shape index (κ2) is 6.98. The van der Waals surface area contributed by atoms with Crippen molar-refractivity contribution in [3.8, 4) is 0 Å². The van der Waals surface area contributed by atoms with Gasteiger partial charge < -0.3 is 10.2 Å². The van der Waals surface area contributed by atoms with Gasteiger partial charge in [0, 0.05) is 11.4 Å². The Morgan fingerprint density at radius 1 is 1.57 bits per heavy atom. The Hall–Kier alpha value is -1.50. The molecule has 1 N–H and O–H groups in total. The highest BCUT2D eigenvalue weighted by molar-refractivity contribution is 7.10. The second-order valence-electron chi connectivity index (χ2n) is 4.70. The second-order valence-corrected chi connectivity index (χ2v) is 6.03. The first-order chi connectivity index (χ1) is 9.99. The summed E-state index contributed by atoms with van der Waals surface area (Å²) >= 11 is 7.44. The van der Waals surface area contributed by atoms with Gasteiger partial charge in [-0.25, -0.2) is 9.37 Å². The summed E-state index contributed by atoms with van der Waals surface area (Å²) in [6, 6.07) is 5.11. The lowest BCUT2D eigenvalue weighted by molar-refractivity contribution is 0.0941. The first-order valence-corrected chi connectivity index (χ1v) is 7.54. The third-order valence-corrected chi connectivity index (χ3v) is 4.28. The Morgan fingerprint density at radius 3 is 2.95 bits per heavy atom. The van der Waals surface area contributed by atoms with Crippen LogP contribution >= 0.6 is 22.9 Å². The molecule has 0 fully saturated rings. The van der Waals surface area contributed by atoms with Crippen molar-refractivity contribution in [2.45, 2.75) is 6.04 Å². The van der Waals surface area contributed by atoms with Gasteiger partial charge in [-0.3, -0.25) is 4.79 Å². The van der Waals surface area contributed by atoms with Crippen LogP contribution in [0.5, 0.6) is 0 Å². The van der Waals surface area contributed by atoms with Crippen LogP contribution in [0.2, 0.25) is 5.15 Å². The number of aromatic nitrogens is 1. The van der Waals surface area contributed by atoms with Crippen LogP contribution in [-0.4, -0.2) is 36.4 Å². The molecular formula is C14H15ClFN3OS. The highest BCUT2D eigenvalue weighted by Gasteiger charge is 2.18. The number of amides is 1. The van der Waals surface area contributed by atoms with E-state index in [9.17, 15) is 9.18 Å². The summed E-state index contributed by atoms with van der Waals surface area (Å²) in [5, 5.41) is 4.75. The van der Waals surface area contributed by atoms with Crippen LogP contribution in [0.25, 0.3) is 0 Å². The summed E-state index contributed by atoms with van der Waals surface area (Å²) in [6.07, 6.45) is 0.980. The minimum Gasteiger partial charge on any atom is -0.350 e. The van der Waals surface area contributed by atoms with Crippen LogP contribution in [0, 0.1) is 5.82 Å². The molecule has 1 amide bonds. The number of pyridine rings is 1. The van der Waals surface area contributed by atoms with E-state index in [1.807, 2.05) is 36.5 Å².